The fraction of sp³-hybridized carbons (Fsp3) is 0.917. The van der Waals surface area contributed by atoms with E-state index in [4.69, 9.17) is 5.73 Å². The summed E-state index contributed by atoms with van der Waals surface area (Å²) in [5.41, 5.74) is 5.47. The number of rotatable bonds is 4. The summed E-state index contributed by atoms with van der Waals surface area (Å²) in [4.78, 5) is 11.2. The summed E-state index contributed by atoms with van der Waals surface area (Å²) in [7, 11) is 0. The van der Waals surface area contributed by atoms with Crippen molar-refractivity contribution in [3.8, 4) is 0 Å². The third kappa shape index (κ3) is 4.20. The van der Waals surface area contributed by atoms with Crippen LogP contribution in [-0.4, -0.2) is 18.5 Å². The quantitative estimate of drug-likeness (QED) is 0.744. The van der Waals surface area contributed by atoms with E-state index in [1.54, 1.807) is 6.92 Å². The molecule has 1 rings (SSSR count). The van der Waals surface area contributed by atoms with Crippen molar-refractivity contribution < 1.29 is 4.79 Å². The molecular weight excluding hydrogens is 188 g/mol. The Morgan fingerprint density at radius 2 is 2.13 bits per heavy atom. The van der Waals surface area contributed by atoms with E-state index in [9.17, 15) is 4.79 Å². The van der Waals surface area contributed by atoms with Gasteiger partial charge in [0, 0.05) is 6.54 Å². The summed E-state index contributed by atoms with van der Waals surface area (Å²) >= 11 is 0. The number of carbonyl (C=O) groups is 1. The van der Waals surface area contributed by atoms with Crippen molar-refractivity contribution in [3.63, 3.8) is 0 Å². The molecule has 0 aliphatic heterocycles. The maximum Gasteiger partial charge on any atom is 0.236 e. The zero-order valence-electron chi connectivity index (χ0n) is 9.96. The lowest BCUT2D eigenvalue weighted by atomic mass is 9.79. The van der Waals surface area contributed by atoms with Crippen LogP contribution in [0.25, 0.3) is 0 Å². The Hall–Kier alpha value is -0.570. The van der Waals surface area contributed by atoms with E-state index in [1.807, 2.05) is 0 Å². The highest BCUT2D eigenvalue weighted by Gasteiger charge is 2.20. The number of carbonyl (C=O) groups excluding carboxylic acids is 1. The molecule has 0 aromatic heterocycles. The summed E-state index contributed by atoms with van der Waals surface area (Å²) in [5.74, 6) is 1.59. The molecule has 3 heteroatoms. The molecule has 1 aliphatic rings. The summed E-state index contributed by atoms with van der Waals surface area (Å²) in [5, 5.41) is 2.89. The zero-order valence-corrected chi connectivity index (χ0v) is 9.96. The second-order valence-electron chi connectivity index (χ2n) is 4.89. The third-order valence-corrected chi connectivity index (χ3v) is 3.52. The minimum atomic E-state index is -0.381. The van der Waals surface area contributed by atoms with Gasteiger partial charge in [0.2, 0.25) is 5.91 Å². The average molecular weight is 212 g/mol. The van der Waals surface area contributed by atoms with Gasteiger partial charge in [0.1, 0.15) is 0 Å². The monoisotopic (exact) mass is 212 g/mol. The maximum absolute atomic E-state index is 11.2. The smallest absolute Gasteiger partial charge is 0.236 e. The molecule has 1 aliphatic carbocycles. The Balaban J connectivity index is 2.16. The average Bonchev–Trinajstić information content (AvgIpc) is 2.20. The van der Waals surface area contributed by atoms with Gasteiger partial charge in [-0.25, -0.2) is 0 Å². The minimum absolute atomic E-state index is 0.0292. The van der Waals surface area contributed by atoms with Crippen molar-refractivity contribution >= 4 is 5.91 Å². The Morgan fingerprint density at radius 1 is 1.47 bits per heavy atom. The van der Waals surface area contributed by atoms with Gasteiger partial charge in [-0.3, -0.25) is 4.79 Å². The summed E-state index contributed by atoms with van der Waals surface area (Å²) in [6, 6.07) is -0.381. The lowest BCUT2D eigenvalue weighted by Crippen LogP contribution is -2.39. The molecule has 1 fully saturated rings. The van der Waals surface area contributed by atoms with Gasteiger partial charge in [-0.2, -0.15) is 0 Å². The molecule has 0 spiro atoms. The van der Waals surface area contributed by atoms with Gasteiger partial charge in [-0.15, -0.1) is 0 Å². The number of hydrogen-bond donors (Lipinski definition) is 2. The summed E-state index contributed by atoms with van der Waals surface area (Å²) < 4.78 is 0. The van der Waals surface area contributed by atoms with E-state index in [0.29, 0.717) is 0 Å². The third-order valence-electron chi connectivity index (χ3n) is 3.52. The molecule has 0 radical (unpaired) electrons. The zero-order chi connectivity index (χ0) is 11.3. The van der Waals surface area contributed by atoms with Crippen LogP contribution in [0.2, 0.25) is 0 Å². The SMILES string of the molecule is CC1CCCCC1CCNC(=O)[C@H](C)N. The van der Waals surface area contributed by atoms with Crippen molar-refractivity contribution in [2.75, 3.05) is 6.54 Å². The molecule has 1 saturated carbocycles. The summed E-state index contributed by atoms with van der Waals surface area (Å²) in [6.07, 6.45) is 6.53. The van der Waals surface area contributed by atoms with Gasteiger partial charge in [-0.05, 0) is 25.2 Å². The first kappa shape index (κ1) is 12.5. The fourth-order valence-corrected chi connectivity index (χ4v) is 2.36. The van der Waals surface area contributed by atoms with Gasteiger partial charge in [0.05, 0.1) is 6.04 Å². The minimum Gasteiger partial charge on any atom is -0.355 e. The van der Waals surface area contributed by atoms with Crippen molar-refractivity contribution in [1.29, 1.82) is 0 Å². The molecule has 2 unspecified atom stereocenters. The van der Waals surface area contributed by atoms with Crippen LogP contribution in [0.15, 0.2) is 0 Å². The predicted molar refractivity (Wildman–Crippen MR) is 62.4 cm³/mol. The van der Waals surface area contributed by atoms with Gasteiger partial charge < -0.3 is 11.1 Å². The van der Waals surface area contributed by atoms with Crippen LogP contribution in [0.4, 0.5) is 0 Å². The first-order valence-electron chi connectivity index (χ1n) is 6.14. The van der Waals surface area contributed by atoms with E-state index in [2.05, 4.69) is 12.2 Å². The molecule has 3 nitrogen and oxygen atoms in total. The van der Waals surface area contributed by atoms with Crippen LogP contribution >= 0.6 is 0 Å². The van der Waals surface area contributed by atoms with Crippen molar-refractivity contribution in [2.45, 2.75) is 52.0 Å². The Bertz CT molecular complexity index is 204. The Morgan fingerprint density at radius 3 is 2.73 bits per heavy atom. The molecule has 0 bridgehead atoms. The van der Waals surface area contributed by atoms with E-state index in [1.165, 1.54) is 25.7 Å². The van der Waals surface area contributed by atoms with Crippen LogP contribution in [0.1, 0.15) is 46.0 Å². The highest BCUT2D eigenvalue weighted by Crippen LogP contribution is 2.31. The van der Waals surface area contributed by atoms with Gasteiger partial charge >= 0.3 is 0 Å². The topological polar surface area (TPSA) is 55.1 Å². The number of amides is 1. The van der Waals surface area contributed by atoms with E-state index in [0.717, 1.165) is 24.8 Å². The highest BCUT2D eigenvalue weighted by molar-refractivity contribution is 5.80. The number of hydrogen-bond acceptors (Lipinski definition) is 2. The Labute approximate surface area is 92.8 Å². The van der Waals surface area contributed by atoms with Crippen molar-refractivity contribution in [2.24, 2.45) is 17.6 Å². The lowest BCUT2D eigenvalue weighted by Gasteiger charge is -2.28. The number of nitrogens with two attached hydrogens (primary N) is 1. The first-order valence-corrected chi connectivity index (χ1v) is 6.14. The molecule has 3 atom stereocenters. The van der Waals surface area contributed by atoms with Gasteiger partial charge in [0.15, 0.2) is 0 Å². The van der Waals surface area contributed by atoms with Crippen molar-refractivity contribution in [1.82, 2.24) is 5.32 Å². The van der Waals surface area contributed by atoms with Crippen LogP contribution in [0.3, 0.4) is 0 Å². The predicted octanol–water partition coefficient (Wildman–Crippen LogP) is 1.67. The van der Waals surface area contributed by atoms with Gasteiger partial charge in [-0.1, -0.05) is 32.6 Å². The molecule has 88 valence electrons. The van der Waals surface area contributed by atoms with Crippen LogP contribution in [-0.2, 0) is 4.79 Å². The lowest BCUT2D eigenvalue weighted by molar-refractivity contribution is -0.122. The Kier molecular flexibility index (Phi) is 5.09. The van der Waals surface area contributed by atoms with E-state index < -0.39 is 0 Å². The van der Waals surface area contributed by atoms with Crippen molar-refractivity contribution in [3.05, 3.63) is 0 Å². The molecule has 3 N–H and O–H groups in total. The van der Waals surface area contributed by atoms with Crippen LogP contribution < -0.4 is 11.1 Å². The number of nitrogens with one attached hydrogen (secondary N) is 1. The van der Waals surface area contributed by atoms with Crippen LogP contribution in [0, 0.1) is 11.8 Å². The standard InChI is InChI=1S/C12H24N2O/c1-9-5-3-4-6-11(9)7-8-14-12(15)10(2)13/h9-11H,3-8,13H2,1-2H3,(H,14,15)/t9?,10-,11?/m0/s1. The van der Waals surface area contributed by atoms with Gasteiger partial charge in [0.25, 0.3) is 0 Å². The molecule has 0 aromatic rings. The second-order valence-corrected chi connectivity index (χ2v) is 4.89. The molecule has 0 aromatic carbocycles. The molecule has 0 heterocycles. The maximum atomic E-state index is 11.2. The fourth-order valence-electron chi connectivity index (χ4n) is 2.36. The second kappa shape index (κ2) is 6.11. The molecule has 15 heavy (non-hydrogen) atoms. The molecular formula is C12H24N2O. The van der Waals surface area contributed by atoms with E-state index >= 15 is 0 Å². The van der Waals surface area contributed by atoms with Crippen LogP contribution in [0.5, 0.6) is 0 Å². The normalized spacial score (nSPS) is 28.5. The summed E-state index contributed by atoms with van der Waals surface area (Å²) in [6.45, 7) is 4.84. The highest BCUT2D eigenvalue weighted by atomic mass is 16.2. The molecule has 0 saturated heterocycles. The largest absolute Gasteiger partial charge is 0.355 e. The first-order chi connectivity index (χ1) is 7.11. The molecule has 1 amide bonds. The van der Waals surface area contributed by atoms with E-state index in [-0.39, 0.29) is 11.9 Å².